The molecule has 1 atom stereocenters. The minimum absolute atomic E-state index is 0.211. The quantitative estimate of drug-likeness (QED) is 0.584. The van der Waals surface area contributed by atoms with Gasteiger partial charge in [0.15, 0.2) is 0 Å². The fourth-order valence-corrected chi connectivity index (χ4v) is 4.41. The van der Waals surface area contributed by atoms with Gasteiger partial charge in [-0.3, -0.25) is 4.79 Å². The molecule has 116 valence electrons. The summed E-state index contributed by atoms with van der Waals surface area (Å²) in [5.74, 6) is -0.462. The normalized spacial score (nSPS) is 19.6. The van der Waals surface area contributed by atoms with Crippen LogP contribution in [-0.4, -0.2) is 37.9 Å². The van der Waals surface area contributed by atoms with E-state index in [1.54, 1.807) is 31.2 Å². The Kier molecular flexibility index (Phi) is 5.40. The highest BCUT2D eigenvalue weighted by Gasteiger charge is 2.40. The Morgan fingerprint density at radius 3 is 2.62 bits per heavy atom. The molecule has 1 aromatic rings. The van der Waals surface area contributed by atoms with Gasteiger partial charge >= 0.3 is 5.97 Å². The molecule has 0 bridgehead atoms. The first-order valence-electron chi connectivity index (χ1n) is 6.84. The number of sulfonamides is 1. The number of alkyl halides is 1. The highest BCUT2D eigenvalue weighted by molar-refractivity contribution is 9.08. The molecule has 0 aromatic heterocycles. The third-order valence-electron chi connectivity index (χ3n) is 3.45. The fourth-order valence-electron chi connectivity index (χ4n) is 2.39. The van der Waals surface area contributed by atoms with Crippen LogP contribution in [0.1, 0.15) is 25.3 Å². The topological polar surface area (TPSA) is 63.7 Å². The van der Waals surface area contributed by atoms with Gasteiger partial charge in [0, 0.05) is 11.9 Å². The van der Waals surface area contributed by atoms with E-state index in [4.69, 9.17) is 4.74 Å². The molecule has 1 fully saturated rings. The van der Waals surface area contributed by atoms with Gasteiger partial charge in [-0.2, -0.15) is 4.31 Å². The van der Waals surface area contributed by atoms with E-state index in [1.165, 1.54) is 4.31 Å². The number of rotatable bonds is 5. The number of hydrogen-bond acceptors (Lipinski definition) is 4. The van der Waals surface area contributed by atoms with Crippen molar-refractivity contribution < 1.29 is 17.9 Å². The number of benzene rings is 1. The van der Waals surface area contributed by atoms with Crippen LogP contribution >= 0.6 is 15.9 Å². The average Bonchev–Trinajstić information content (AvgIpc) is 2.98. The predicted molar refractivity (Wildman–Crippen MR) is 82.6 cm³/mol. The summed E-state index contributed by atoms with van der Waals surface area (Å²) >= 11 is 3.32. The van der Waals surface area contributed by atoms with Crippen molar-refractivity contribution >= 4 is 31.9 Å². The van der Waals surface area contributed by atoms with Crippen LogP contribution in [0.5, 0.6) is 0 Å². The Bertz CT molecular complexity index is 600. The van der Waals surface area contributed by atoms with E-state index >= 15 is 0 Å². The van der Waals surface area contributed by atoms with E-state index in [9.17, 15) is 13.2 Å². The Labute approximate surface area is 133 Å². The first-order valence-corrected chi connectivity index (χ1v) is 9.40. The van der Waals surface area contributed by atoms with Gasteiger partial charge in [-0.1, -0.05) is 28.1 Å². The molecule has 1 aliphatic heterocycles. The molecule has 5 nitrogen and oxygen atoms in total. The molecule has 1 heterocycles. The number of nitrogens with zero attached hydrogens (tertiary/aromatic N) is 1. The van der Waals surface area contributed by atoms with Crippen molar-refractivity contribution in [2.75, 3.05) is 13.2 Å². The zero-order chi connectivity index (χ0) is 15.5. The van der Waals surface area contributed by atoms with Crippen LogP contribution in [0.3, 0.4) is 0 Å². The molecule has 1 aliphatic rings. The highest BCUT2D eigenvalue weighted by Crippen LogP contribution is 2.27. The molecule has 7 heteroatoms. The van der Waals surface area contributed by atoms with Gasteiger partial charge < -0.3 is 4.74 Å². The fraction of sp³-hybridized carbons (Fsp3) is 0.500. The maximum Gasteiger partial charge on any atom is 0.324 e. The molecular weight excluding hydrogens is 358 g/mol. The van der Waals surface area contributed by atoms with Crippen LogP contribution in [0.2, 0.25) is 0 Å². The predicted octanol–water partition coefficient (Wildman–Crippen LogP) is 2.30. The molecular formula is C14H18BrNO4S. The van der Waals surface area contributed by atoms with E-state index in [0.29, 0.717) is 24.7 Å². The molecule has 2 rings (SSSR count). The summed E-state index contributed by atoms with van der Waals surface area (Å²) in [6.45, 7) is 2.32. The van der Waals surface area contributed by atoms with Crippen molar-refractivity contribution in [3.05, 3.63) is 29.8 Å². The Morgan fingerprint density at radius 2 is 2.05 bits per heavy atom. The lowest BCUT2D eigenvalue weighted by atomic mass is 10.2. The summed E-state index contributed by atoms with van der Waals surface area (Å²) in [4.78, 5) is 12.1. The lowest BCUT2D eigenvalue weighted by molar-refractivity contribution is -0.146. The molecule has 1 aromatic carbocycles. The summed E-state index contributed by atoms with van der Waals surface area (Å²) in [5.41, 5.74) is 0.998. The second kappa shape index (κ2) is 6.89. The zero-order valence-electron chi connectivity index (χ0n) is 11.8. The van der Waals surface area contributed by atoms with E-state index < -0.39 is 22.0 Å². The van der Waals surface area contributed by atoms with Gasteiger partial charge in [0.05, 0.1) is 11.5 Å². The van der Waals surface area contributed by atoms with E-state index in [2.05, 4.69) is 15.9 Å². The van der Waals surface area contributed by atoms with Crippen molar-refractivity contribution in [1.82, 2.24) is 4.31 Å². The number of halogens is 1. The summed E-state index contributed by atoms with van der Waals surface area (Å²) in [6, 6.07) is 5.97. The van der Waals surface area contributed by atoms with Gasteiger partial charge in [-0.15, -0.1) is 0 Å². The maximum atomic E-state index is 12.7. The third-order valence-corrected chi connectivity index (χ3v) is 6.02. The number of carbonyl (C=O) groups excluding carboxylic acids is 1. The molecule has 21 heavy (non-hydrogen) atoms. The van der Waals surface area contributed by atoms with Crippen LogP contribution in [0, 0.1) is 0 Å². The smallest absolute Gasteiger partial charge is 0.324 e. The maximum absolute atomic E-state index is 12.7. The minimum atomic E-state index is -3.66. The van der Waals surface area contributed by atoms with Crippen LogP contribution in [0.25, 0.3) is 0 Å². The van der Waals surface area contributed by atoms with Crippen molar-refractivity contribution in [3.63, 3.8) is 0 Å². The van der Waals surface area contributed by atoms with Gasteiger partial charge in [-0.25, -0.2) is 8.42 Å². The molecule has 0 N–H and O–H groups in total. The minimum Gasteiger partial charge on any atom is -0.465 e. The Morgan fingerprint density at radius 1 is 1.38 bits per heavy atom. The zero-order valence-corrected chi connectivity index (χ0v) is 14.2. The summed E-state index contributed by atoms with van der Waals surface area (Å²) in [7, 11) is -3.66. The van der Waals surface area contributed by atoms with Crippen LogP contribution in [0.15, 0.2) is 29.2 Å². The molecule has 0 amide bonds. The van der Waals surface area contributed by atoms with E-state index in [-0.39, 0.29) is 11.5 Å². The lowest BCUT2D eigenvalue weighted by Crippen LogP contribution is -2.41. The number of esters is 1. The summed E-state index contributed by atoms with van der Waals surface area (Å²) < 4.78 is 31.5. The molecule has 0 aliphatic carbocycles. The van der Waals surface area contributed by atoms with Gasteiger partial charge in [-0.05, 0) is 37.5 Å². The van der Waals surface area contributed by atoms with Crippen LogP contribution in [0.4, 0.5) is 0 Å². The Hall–Kier alpha value is -0.920. The standard InChI is InChI=1S/C14H18BrNO4S/c1-2-20-14(17)13-4-3-9-16(13)21(18,19)12-7-5-11(10-15)6-8-12/h5-8,13H,2-4,9-10H2,1H3. The van der Waals surface area contributed by atoms with Gasteiger partial charge in [0.2, 0.25) is 10.0 Å². The van der Waals surface area contributed by atoms with Crippen molar-refractivity contribution in [2.24, 2.45) is 0 Å². The first-order chi connectivity index (χ1) is 10.0. The summed E-state index contributed by atoms with van der Waals surface area (Å²) in [6.07, 6.45) is 1.18. The number of carbonyl (C=O) groups is 1. The number of ether oxygens (including phenoxy) is 1. The van der Waals surface area contributed by atoms with Crippen LogP contribution in [-0.2, 0) is 24.9 Å². The van der Waals surface area contributed by atoms with Gasteiger partial charge in [0.25, 0.3) is 0 Å². The van der Waals surface area contributed by atoms with Gasteiger partial charge in [0.1, 0.15) is 6.04 Å². The molecule has 0 radical (unpaired) electrons. The second-order valence-electron chi connectivity index (χ2n) is 4.80. The molecule has 1 saturated heterocycles. The van der Waals surface area contributed by atoms with Crippen LogP contribution < -0.4 is 0 Å². The molecule has 0 saturated carbocycles. The lowest BCUT2D eigenvalue weighted by Gasteiger charge is -2.22. The van der Waals surface area contributed by atoms with Crippen molar-refractivity contribution in [3.8, 4) is 0 Å². The van der Waals surface area contributed by atoms with Crippen molar-refractivity contribution in [2.45, 2.75) is 36.0 Å². The Balaban J connectivity index is 2.26. The summed E-state index contributed by atoms with van der Waals surface area (Å²) in [5, 5.41) is 0.669. The van der Waals surface area contributed by atoms with Crippen molar-refractivity contribution in [1.29, 1.82) is 0 Å². The highest BCUT2D eigenvalue weighted by atomic mass is 79.9. The number of hydrogen-bond donors (Lipinski definition) is 0. The SMILES string of the molecule is CCOC(=O)C1CCCN1S(=O)(=O)c1ccc(CBr)cc1. The largest absolute Gasteiger partial charge is 0.465 e. The average molecular weight is 376 g/mol. The van der Waals surface area contributed by atoms with E-state index in [1.807, 2.05) is 0 Å². The third kappa shape index (κ3) is 3.46. The van der Waals surface area contributed by atoms with E-state index in [0.717, 1.165) is 5.56 Å². The first kappa shape index (κ1) is 16.5. The molecule has 1 unspecified atom stereocenters. The molecule has 0 spiro atoms. The second-order valence-corrected chi connectivity index (χ2v) is 7.25. The monoisotopic (exact) mass is 375 g/mol.